The van der Waals surface area contributed by atoms with E-state index in [0.29, 0.717) is 0 Å². The smallest absolute Gasteiger partial charge is 0.125 e. The van der Waals surface area contributed by atoms with Crippen molar-refractivity contribution in [2.24, 2.45) is 0 Å². The topological polar surface area (TPSA) is 45.4 Å². The van der Waals surface area contributed by atoms with Gasteiger partial charge in [-0.1, -0.05) is 0 Å². The maximum absolute atomic E-state index is 8.13. The molecule has 2 heterocycles. The molecule has 1 aromatic heterocycles. The number of pyridine rings is 1. The Balaban J connectivity index is 2.96. The standard InChI is InChI=1S/C10H16N4/c1-13-4-6-14(7-5-13)9-2-3-12-10(11)8-9/h2-3,8H,4-7H2,1H3,(H2,11,12)/i1D3,2D,3D,4D2,5D2,6D2,7D2,8D. The highest BCUT2D eigenvalue weighted by Crippen LogP contribution is 2.16. The SMILES string of the molecule is [2H]c1nc(N)c([2H])c(N2C([2H])([2H])C([2H])([2H])N(C([2H])([2H])[2H])C([2H])([2H])C2([2H])[2H])c1[2H]. The van der Waals surface area contributed by atoms with Crippen LogP contribution in [0.3, 0.4) is 0 Å². The Morgan fingerprint density at radius 2 is 2.36 bits per heavy atom. The molecule has 1 saturated heterocycles. The number of aromatic nitrogens is 1. The zero-order chi connectivity index (χ0) is 22.2. The van der Waals surface area contributed by atoms with Gasteiger partial charge in [0.25, 0.3) is 0 Å². The Labute approximate surface area is 104 Å². The Hall–Kier alpha value is -1.29. The number of piperazine rings is 1. The monoisotopic (exact) mass is 206 g/mol. The number of hydrogen-bond acceptors (Lipinski definition) is 4. The van der Waals surface area contributed by atoms with Crippen LogP contribution in [0.1, 0.15) is 19.2 Å². The molecule has 76 valence electrons. The molecule has 2 N–H and O–H groups in total. The summed E-state index contributed by atoms with van der Waals surface area (Å²) < 4.78 is 110. The van der Waals surface area contributed by atoms with E-state index in [-0.39, 0.29) is 4.90 Å². The molecule has 4 nitrogen and oxygen atoms in total. The second-order valence-electron chi connectivity index (χ2n) is 2.33. The lowest BCUT2D eigenvalue weighted by atomic mass is 10.3. The molecule has 0 radical (unpaired) electrons. The summed E-state index contributed by atoms with van der Waals surface area (Å²) in [6.45, 7) is -18.1. The van der Waals surface area contributed by atoms with Crippen LogP contribution in [0.25, 0.3) is 0 Å². The number of anilines is 2. The number of likely N-dealkylation sites (N-methyl/N-ethyl adjacent to an activating group) is 1. The van der Waals surface area contributed by atoms with Crippen LogP contribution in [0.2, 0.25) is 0 Å². The second kappa shape index (κ2) is 3.84. The summed E-state index contributed by atoms with van der Waals surface area (Å²) in [7, 11) is 0. The van der Waals surface area contributed by atoms with Gasteiger partial charge < -0.3 is 15.5 Å². The van der Waals surface area contributed by atoms with Crippen molar-refractivity contribution in [2.75, 3.05) is 43.6 Å². The third kappa shape index (κ3) is 1.96. The van der Waals surface area contributed by atoms with Gasteiger partial charge in [0.2, 0.25) is 0 Å². The van der Waals surface area contributed by atoms with Gasteiger partial charge in [-0.25, -0.2) is 4.98 Å². The van der Waals surface area contributed by atoms with E-state index in [2.05, 4.69) is 4.98 Å². The van der Waals surface area contributed by atoms with Crippen LogP contribution >= 0.6 is 0 Å². The maximum Gasteiger partial charge on any atom is 0.125 e. The fraction of sp³-hybridized carbons (Fsp3) is 0.500. The highest BCUT2D eigenvalue weighted by molar-refractivity contribution is 5.52. The quantitative estimate of drug-likeness (QED) is 0.723. The van der Waals surface area contributed by atoms with Crippen molar-refractivity contribution < 1.29 is 19.2 Å². The van der Waals surface area contributed by atoms with Crippen LogP contribution in [-0.4, -0.2) is 42.8 Å². The molecule has 4 heteroatoms. The molecular weight excluding hydrogens is 176 g/mol. The minimum Gasteiger partial charge on any atom is -0.384 e. The molecule has 1 aromatic rings. The van der Waals surface area contributed by atoms with Crippen molar-refractivity contribution in [2.45, 2.75) is 0 Å². The Morgan fingerprint density at radius 3 is 3.07 bits per heavy atom. The van der Waals surface area contributed by atoms with E-state index in [1.165, 1.54) is 0 Å². The summed E-state index contributed by atoms with van der Waals surface area (Å²) in [4.78, 5) is 2.66. The molecule has 0 amide bonds. The zero-order valence-corrected chi connectivity index (χ0v) is 6.92. The minimum absolute atomic E-state index is 0.178. The molecule has 1 fully saturated rings. The van der Waals surface area contributed by atoms with Crippen molar-refractivity contribution in [1.82, 2.24) is 9.88 Å². The van der Waals surface area contributed by atoms with Crippen LogP contribution in [0.5, 0.6) is 0 Å². The summed E-state index contributed by atoms with van der Waals surface area (Å²) in [5, 5.41) is 0. The third-order valence-electron chi connectivity index (χ3n) is 1.37. The molecule has 0 saturated carbocycles. The lowest BCUT2D eigenvalue weighted by Crippen LogP contribution is -2.44. The maximum atomic E-state index is 8.13. The van der Waals surface area contributed by atoms with Crippen molar-refractivity contribution in [3.63, 3.8) is 0 Å². The van der Waals surface area contributed by atoms with Crippen molar-refractivity contribution in [1.29, 1.82) is 0 Å². The van der Waals surface area contributed by atoms with E-state index in [9.17, 15) is 0 Å². The second-order valence-corrected chi connectivity index (χ2v) is 2.33. The first-order chi connectivity index (χ1) is 12.2. The van der Waals surface area contributed by atoms with E-state index in [4.69, 9.17) is 24.9 Å². The molecule has 14 heavy (non-hydrogen) atoms. The Morgan fingerprint density at radius 1 is 1.57 bits per heavy atom. The highest BCUT2D eigenvalue weighted by atomic mass is 15.2. The summed E-state index contributed by atoms with van der Waals surface area (Å²) in [6.07, 6.45) is -0.880. The molecular formula is C10H16N4. The largest absolute Gasteiger partial charge is 0.384 e. The van der Waals surface area contributed by atoms with E-state index in [1.807, 2.05) is 0 Å². The molecule has 1 aliphatic heterocycles. The summed E-state index contributed by atoms with van der Waals surface area (Å²) >= 11 is 0. The van der Waals surface area contributed by atoms with E-state index in [1.54, 1.807) is 0 Å². The fourth-order valence-electron chi connectivity index (χ4n) is 0.801. The third-order valence-corrected chi connectivity index (χ3v) is 1.37. The number of hydrogen-bond donors (Lipinski definition) is 1. The van der Waals surface area contributed by atoms with Crippen LogP contribution in [0, 0.1) is 0 Å². The fourth-order valence-corrected chi connectivity index (χ4v) is 0.801. The normalized spacial score (nSPS) is 48.4. The number of nitrogen functional groups attached to an aromatic ring is 1. The van der Waals surface area contributed by atoms with Gasteiger partial charge in [-0.2, -0.15) is 0 Å². The van der Waals surface area contributed by atoms with Crippen LogP contribution < -0.4 is 10.6 Å². The summed E-state index contributed by atoms with van der Waals surface area (Å²) in [5.74, 6) is -0.693. The predicted octanol–water partition coefficient (Wildman–Crippen LogP) is 0.416. The highest BCUT2D eigenvalue weighted by Gasteiger charge is 2.13. The lowest BCUT2D eigenvalue weighted by Gasteiger charge is -2.34. The lowest BCUT2D eigenvalue weighted by molar-refractivity contribution is 0.313. The van der Waals surface area contributed by atoms with Crippen LogP contribution in [0.15, 0.2) is 18.3 Å². The predicted molar refractivity (Wildman–Crippen MR) is 58.4 cm³/mol. The van der Waals surface area contributed by atoms with Crippen molar-refractivity contribution in [3.05, 3.63) is 18.3 Å². The molecule has 0 aliphatic carbocycles. The first-order valence-electron chi connectivity index (χ1n) is 10.6. The van der Waals surface area contributed by atoms with E-state index >= 15 is 0 Å². The van der Waals surface area contributed by atoms with E-state index < -0.39 is 67.6 Å². The van der Waals surface area contributed by atoms with Crippen molar-refractivity contribution in [3.8, 4) is 0 Å². The Kier molecular flexibility index (Phi) is 0.622. The molecule has 0 bridgehead atoms. The molecule has 0 atom stereocenters. The summed E-state index contributed by atoms with van der Waals surface area (Å²) in [6, 6.07) is -1.93. The van der Waals surface area contributed by atoms with Crippen LogP contribution in [0.4, 0.5) is 11.5 Å². The molecule has 2 rings (SSSR count). The number of nitrogens with two attached hydrogens (primary N) is 1. The molecule has 1 aliphatic rings. The van der Waals surface area contributed by atoms with Gasteiger partial charge in [-0.05, 0) is 13.0 Å². The zero-order valence-electron chi connectivity index (χ0n) is 20.9. The van der Waals surface area contributed by atoms with Gasteiger partial charge in [-0.3, -0.25) is 0 Å². The van der Waals surface area contributed by atoms with Crippen molar-refractivity contribution >= 4 is 11.5 Å². The first kappa shape index (κ1) is 2.27. The van der Waals surface area contributed by atoms with Gasteiger partial charge in [0.15, 0.2) is 0 Å². The first-order valence-corrected chi connectivity index (χ1v) is 3.58. The van der Waals surface area contributed by atoms with Gasteiger partial charge in [0, 0.05) is 53.5 Å². The van der Waals surface area contributed by atoms with Gasteiger partial charge >= 0.3 is 0 Å². The average Bonchev–Trinajstić information content (AvgIpc) is 2.45. The molecule has 0 aromatic carbocycles. The number of rotatable bonds is 1. The van der Waals surface area contributed by atoms with E-state index in [0.717, 1.165) is 0 Å². The van der Waals surface area contributed by atoms with Gasteiger partial charge in [-0.15, -0.1) is 0 Å². The molecule has 0 unspecified atom stereocenters. The summed E-state index contributed by atoms with van der Waals surface area (Å²) in [5.41, 5.74) is 4.42. The molecule has 0 spiro atoms. The van der Waals surface area contributed by atoms with Gasteiger partial charge in [0.1, 0.15) is 5.82 Å². The van der Waals surface area contributed by atoms with Gasteiger partial charge in [0.05, 0.1) is 9.60 Å². The Bertz CT molecular complexity index is 748. The number of nitrogens with zero attached hydrogens (tertiary/aromatic N) is 3. The van der Waals surface area contributed by atoms with Crippen LogP contribution in [-0.2, 0) is 0 Å². The minimum atomic E-state index is -3.66. The average molecular weight is 206 g/mol.